The summed E-state index contributed by atoms with van der Waals surface area (Å²) < 4.78 is 5.57. The summed E-state index contributed by atoms with van der Waals surface area (Å²) in [6, 6.07) is 31.1. The number of hydrogen-bond donors (Lipinski definition) is 0. The van der Waals surface area contributed by atoms with Crippen LogP contribution in [-0.4, -0.2) is 15.0 Å². The van der Waals surface area contributed by atoms with Crippen LogP contribution < -0.4 is 5.63 Å². The van der Waals surface area contributed by atoms with E-state index in [1.165, 1.54) is 0 Å². The van der Waals surface area contributed by atoms with Gasteiger partial charge in [-0.3, -0.25) is 0 Å². The van der Waals surface area contributed by atoms with Crippen molar-refractivity contribution in [3.05, 3.63) is 125 Å². The monoisotopic (exact) mass is 439 g/mol. The zero-order valence-electron chi connectivity index (χ0n) is 18.0. The van der Waals surface area contributed by atoms with Crippen molar-refractivity contribution < 1.29 is 4.42 Å². The topological polar surface area (TPSA) is 60.9 Å². The Morgan fingerprint density at radius 3 is 2.50 bits per heavy atom. The fourth-order valence-electron chi connectivity index (χ4n) is 3.93. The normalized spacial score (nSPS) is 10.8. The summed E-state index contributed by atoms with van der Waals surface area (Å²) in [6.45, 7) is 0. The number of nitrogens with zero attached hydrogens (tertiary/aromatic N) is 3. The maximum Gasteiger partial charge on any atom is 0.352 e. The van der Waals surface area contributed by atoms with E-state index in [0.717, 1.165) is 33.0 Å². The molecule has 5 heteroatoms. The molecular weight excluding hydrogens is 422 g/mol. The first-order chi connectivity index (χ1) is 16.7. The van der Waals surface area contributed by atoms with Crippen molar-refractivity contribution in [2.24, 2.45) is 0 Å². The van der Waals surface area contributed by atoms with Gasteiger partial charge in [0.15, 0.2) is 0 Å². The maximum atomic E-state index is 12.5. The first kappa shape index (κ1) is 19.7. The van der Waals surface area contributed by atoms with Crippen LogP contribution in [0.2, 0.25) is 0 Å². The molecule has 0 fully saturated rings. The molecule has 0 aliphatic carbocycles. The highest BCUT2D eigenvalue weighted by atomic mass is 16.4. The second-order valence-corrected chi connectivity index (χ2v) is 7.83. The van der Waals surface area contributed by atoms with E-state index in [0.29, 0.717) is 16.8 Å². The van der Waals surface area contributed by atoms with Gasteiger partial charge in [-0.2, -0.15) is 9.90 Å². The Hall–Kier alpha value is -4.95. The molecule has 4 aromatic carbocycles. The predicted octanol–water partition coefficient (Wildman–Crippen LogP) is 5.59. The minimum atomic E-state index is -0.474. The van der Waals surface area contributed by atoms with Gasteiger partial charge in [0.1, 0.15) is 16.8 Å². The molecule has 5 nitrogen and oxygen atoms in total. The molecule has 34 heavy (non-hydrogen) atoms. The molecule has 6 rings (SSSR count). The Labute approximate surface area is 194 Å². The summed E-state index contributed by atoms with van der Waals surface area (Å²) in [5, 5.41) is 12.2. The van der Waals surface area contributed by atoms with Gasteiger partial charge >= 0.3 is 5.63 Å². The van der Waals surface area contributed by atoms with E-state index in [9.17, 15) is 4.79 Å². The molecular formula is C29H17N3O2. The summed E-state index contributed by atoms with van der Waals surface area (Å²) in [5.74, 6) is 5.92. The van der Waals surface area contributed by atoms with Crippen LogP contribution in [0.5, 0.6) is 0 Å². The van der Waals surface area contributed by atoms with E-state index in [4.69, 9.17) is 4.42 Å². The lowest BCUT2D eigenvalue weighted by Gasteiger charge is -2.04. The molecule has 0 aliphatic heterocycles. The average Bonchev–Trinajstić information content (AvgIpc) is 3.37. The Morgan fingerprint density at radius 1 is 0.765 bits per heavy atom. The molecule has 6 aromatic rings. The van der Waals surface area contributed by atoms with Crippen molar-refractivity contribution in [2.75, 3.05) is 0 Å². The Bertz CT molecular complexity index is 1780. The van der Waals surface area contributed by atoms with E-state index in [2.05, 4.69) is 40.2 Å². The molecule has 160 valence electrons. The van der Waals surface area contributed by atoms with Crippen molar-refractivity contribution in [3.63, 3.8) is 0 Å². The van der Waals surface area contributed by atoms with Gasteiger partial charge in [0.25, 0.3) is 0 Å². The van der Waals surface area contributed by atoms with Gasteiger partial charge in [-0.05, 0) is 41.1 Å². The van der Waals surface area contributed by atoms with Gasteiger partial charge in [0.2, 0.25) is 0 Å². The minimum Gasteiger partial charge on any atom is -0.422 e. The molecule has 0 spiro atoms. The third-order valence-corrected chi connectivity index (χ3v) is 5.62. The van der Waals surface area contributed by atoms with Crippen LogP contribution in [0, 0.1) is 11.8 Å². The molecule has 0 unspecified atom stereocenters. The average molecular weight is 439 g/mol. The maximum absolute atomic E-state index is 12.5. The Balaban J connectivity index is 1.36. The zero-order valence-corrected chi connectivity index (χ0v) is 18.0. The first-order valence-electron chi connectivity index (χ1n) is 10.8. The number of rotatable bonds is 2. The van der Waals surface area contributed by atoms with Crippen LogP contribution in [0.3, 0.4) is 0 Å². The molecule has 0 saturated carbocycles. The smallest absolute Gasteiger partial charge is 0.352 e. The van der Waals surface area contributed by atoms with E-state index < -0.39 is 5.63 Å². The molecule has 0 bridgehead atoms. The molecule has 2 heterocycles. The summed E-state index contributed by atoms with van der Waals surface area (Å²) in [5.41, 5.74) is 3.62. The molecule has 0 amide bonds. The fraction of sp³-hybridized carbons (Fsp3) is 0. The highest BCUT2D eigenvalue weighted by Gasteiger charge is 2.10. The lowest BCUT2D eigenvalue weighted by molar-refractivity contribution is 0.558. The molecule has 0 radical (unpaired) electrons. The SMILES string of the molecule is O=c1oc2cc(-n3ncc(-c4cccc5ccccc45)n3)ccc2cc1C#Cc1ccccc1. The van der Waals surface area contributed by atoms with Gasteiger partial charge < -0.3 is 4.42 Å². The number of fused-ring (bicyclic) bond motifs is 2. The van der Waals surface area contributed by atoms with Gasteiger partial charge in [0.05, 0.1) is 11.9 Å². The zero-order chi connectivity index (χ0) is 22.9. The summed E-state index contributed by atoms with van der Waals surface area (Å²) in [7, 11) is 0. The summed E-state index contributed by atoms with van der Waals surface area (Å²) in [4.78, 5) is 14.0. The Morgan fingerprint density at radius 2 is 1.59 bits per heavy atom. The van der Waals surface area contributed by atoms with Crippen molar-refractivity contribution in [1.29, 1.82) is 0 Å². The fourth-order valence-corrected chi connectivity index (χ4v) is 3.93. The standard InChI is InChI=1S/C29H17N3O2/c33-29-23(14-13-20-7-2-1-3-8-20)17-22-15-16-24(18-28(22)34-29)32-30-19-27(31-32)26-12-6-10-21-9-4-5-11-25(21)26/h1-12,15-19H. The van der Waals surface area contributed by atoms with Crippen molar-refractivity contribution in [2.45, 2.75) is 0 Å². The third-order valence-electron chi connectivity index (χ3n) is 5.62. The molecule has 0 atom stereocenters. The molecule has 0 saturated heterocycles. The van der Waals surface area contributed by atoms with Crippen LogP contribution in [0.15, 0.2) is 112 Å². The predicted molar refractivity (Wildman–Crippen MR) is 133 cm³/mol. The second-order valence-electron chi connectivity index (χ2n) is 7.83. The summed E-state index contributed by atoms with van der Waals surface area (Å²) in [6.07, 6.45) is 1.74. The first-order valence-corrected chi connectivity index (χ1v) is 10.8. The van der Waals surface area contributed by atoms with Crippen LogP contribution in [0.4, 0.5) is 0 Å². The van der Waals surface area contributed by atoms with Crippen LogP contribution in [0.1, 0.15) is 11.1 Å². The number of aromatic nitrogens is 3. The van der Waals surface area contributed by atoms with Crippen LogP contribution in [0.25, 0.3) is 38.7 Å². The van der Waals surface area contributed by atoms with E-state index >= 15 is 0 Å². The molecule has 0 N–H and O–H groups in total. The highest BCUT2D eigenvalue weighted by Crippen LogP contribution is 2.27. The second kappa shape index (κ2) is 8.19. The van der Waals surface area contributed by atoms with Gasteiger partial charge in [-0.25, -0.2) is 4.79 Å². The van der Waals surface area contributed by atoms with Crippen molar-refractivity contribution in [1.82, 2.24) is 15.0 Å². The van der Waals surface area contributed by atoms with E-state index in [-0.39, 0.29) is 0 Å². The van der Waals surface area contributed by atoms with Gasteiger partial charge in [-0.15, -0.1) is 5.10 Å². The third kappa shape index (κ3) is 3.64. The van der Waals surface area contributed by atoms with Crippen LogP contribution >= 0.6 is 0 Å². The number of benzene rings is 4. The van der Waals surface area contributed by atoms with Crippen LogP contribution in [-0.2, 0) is 0 Å². The number of hydrogen-bond acceptors (Lipinski definition) is 4. The van der Waals surface area contributed by atoms with Gasteiger partial charge in [0, 0.05) is 22.6 Å². The largest absolute Gasteiger partial charge is 0.422 e. The quantitative estimate of drug-likeness (QED) is 0.261. The lowest BCUT2D eigenvalue weighted by Crippen LogP contribution is -2.04. The van der Waals surface area contributed by atoms with E-state index in [1.54, 1.807) is 23.1 Å². The Kier molecular flexibility index (Phi) is 4.75. The highest BCUT2D eigenvalue weighted by molar-refractivity contribution is 5.95. The lowest BCUT2D eigenvalue weighted by atomic mass is 10.0. The molecule has 2 aromatic heterocycles. The van der Waals surface area contributed by atoms with E-state index in [1.807, 2.05) is 66.7 Å². The van der Waals surface area contributed by atoms with Gasteiger partial charge in [-0.1, -0.05) is 72.5 Å². The van der Waals surface area contributed by atoms with Crippen molar-refractivity contribution >= 4 is 21.7 Å². The molecule has 0 aliphatic rings. The minimum absolute atomic E-state index is 0.319. The van der Waals surface area contributed by atoms with Crippen molar-refractivity contribution in [3.8, 4) is 28.8 Å². The summed E-state index contributed by atoms with van der Waals surface area (Å²) >= 11 is 0.